The van der Waals surface area contributed by atoms with E-state index in [0.29, 0.717) is 12.5 Å². The molecule has 2 atom stereocenters. The predicted molar refractivity (Wildman–Crippen MR) is 76.6 cm³/mol. The Morgan fingerprint density at radius 2 is 1.79 bits per heavy atom. The predicted octanol–water partition coefficient (Wildman–Crippen LogP) is 3.94. The van der Waals surface area contributed by atoms with Gasteiger partial charge in [0.25, 0.3) is 0 Å². The van der Waals surface area contributed by atoms with Gasteiger partial charge in [0.2, 0.25) is 0 Å². The van der Waals surface area contributed by atoms with Gasteiger partial charge in [-0.15, -0.1) is 0 Å². The molecule has 0 heterocycles. The van der Waals surface area contributed by atoms with Gasteiger partial charge in [0.1, 0.15) is 5.75 Å². The minimum Gasteiger partial charge on any atom is -0.493 e. The molecule has 0 aliphatic heterocycles. The van der Waals surface area contributed by atoms with Crippen molar-refractivity contribution in [1.82, 2.24) is 0 Å². The fraction of sp³-hybridized carbons (Fsp3) is 0.562. The van der Waals surface area contributed by atoms with Gasteiger partial charge < -0.3 is 9.84 Å². The molecule has 3 nitrogen and oxygen atoms in total. The van der Waals surface area contributed by atoms with Crippen molar-refractivity contribution in [2.75, 3.05) is 6.61 Å². The molecule has 0 amide bonds. The van der Waals surface area contributed by atoms with Crippen molar-refractivity contribution in [3.63, 3.8) is 0 Å². The van der Waals surface area contributed by atoms with Crippen LogP contribution in [-0.4, -0.2) is 17.7 Å². The van der Waals surface area contributed by atoms with Gasteiger partial charge in [-0.2, -0.15) is 0 Å². The highest BCUT2D eigenvalue weighted by atomic mass is 16.5. The first-order valence-electron chi connectivity index (χ1n) is 6.91. The summed E-state index contributed by atoms with van der Waals surface area (Å²) in [5.41, 5.74) is 0.846. The normalized spacial score (nSPS) is 14.2. The molecule has 0 saturated carbocycles. The quantitative estimate of drug-likeness (QED) is 0.811. The van der Waals surface area contributed by atoms with E-state index >= 15 is 0 Å². The minimum absolute atomic E-state index is 0.125. The minimum atomic E-state index is -0.759. The molecule has 0 aromatic heterocycles. The lowest BCUT2D eigenvalue weighted by Gasteiger charge is -2.19. The summed E-state index contributed by atoms with van der Waals surface area (Å²) in [6.45, 7) is 8.85. The van der Waals surface area contributed by atoms with Crippen LogP contribution in [0, 0.1) is 11.8 Å². The molecule has 0 fully saturated rings. The SMILES string of the molecule is CCC(C)C(C(=O)O)c1ccc(OCC(C)C)cc1. The van der Waals surface area contributed by atoms with Gasteiger partial charge >= 0.3 is 5.97 Å². The highest BCUT2D eigenvalue weighted by Crippen LogP contribution is 2.28. The third-order valence-corrected chi connectivity index (χ3v) is 3.30. The molecule has 0 saturated heterocycles. The van der Waals surface area contributed by atoms with Crippen molar-refractivity contribution in [2.45, 2.75) is 40.0 Å². The molecule has 0 bridgehead atoms. The molecule has 106 valence electrons. The van der Waals surface area contributed by atoms with Gasteiger partial charge in [-0.05, 0) is 29.5 Å². The monoisotopic (exact) mass is 264 g/mol. The lowest BCUT2D eigenvalue weighted by Crippen LogP contribution is -2.19. The van der Waals surface area contributed by atoms with E-state index in [2.05, 4.69) is 13.8 Å². The summed E-state index contributed by atoms with van der Waals surface area (Å²) in [6.07, 6.45) is 0.850. The largest absolute Gasteiger partial charge is 0.493 e. The number of hydrogen-bond donors (Lipinski definition) is 1. The molecular formula is C16H24O3. The average Bonchev–Trinajstić information content (AvgIpc) is 2.37. The average molecular weight is 264 g/mol. The maximum absolute atomic E-state index is 11.4. The molecule has 0 aliphatic rings. The van der Waals surface area contributed by atoms with E-state index in [9.17, 15) is 9.90 Å². The summed E-state index contributed by atoms with van der Waals surface area (Å²) in [5.74, 6) is 0.201. The van der Waals surface area contributed by atoms with Crippen molar-refractivity contribution >= 4 is 5.97 Å². The second-order valence-electron chi connectivity index (χ2n) is 5.48. The first kappa shape index (κ1) is 15.5. The van der Waals surface area contributed by atoms with Crippen molar-refractivity contribution in [1.29, 1.82) is 0 Å². The van der Waals surface area contributed by atoms with Crippen LogP contribution in [0.2, 0.25) is 0 Å². The molecule has 1 aromatic carbocycles. The Hall–Kier alpha value is -1.51. The summed E-state index contributed by atoms with van der Waals surface area (Å²) < 4.78 is 5.60. The van der Waals surface area contributed by atoms with E-state index in [4.69, 9.17) is 4.74 Å². The number of benzene rings is 1. The highest BCUT2D eigenvalue weighted by molar-refractivity contribution is 5.76. The Bertz CT molecular complexity index is 395. The van der Waals surface area contributed by atoms with Crippen LogP contribution >= 0.6 is 0 Å². The third kappa shape index (κ3) is 4.58. The number of carbonyl (C=O) groups is 1. The number of carboxylic acids is 1. The molecule has 0 radical (unpaired) electrons. The van der Waals surface area contributed by atoms with Crippen LogP contribution in [0.25, 0.3) is 0 Å². The first-order valence-corrected chi connectivity index (χ1v) is 6.91. The smallest absolute Gasteiger partial charge is 0.311 e. The molecule has 0 aliphatic carbocycles. The van der Waals surface area contributed by atoms with E-state index in [1.807, 2.05) is 38.1 Å². The Labute approximate surface area is 115 Å². The van der Waals surface area contributed by atoms with E-state index in [1.165, 1.54) is 0 Å². The topological polar surface area (TPSA) is 46.5 Å². The van der Waals surface area contributed by atoms with E-state index in [0.717, 1.165) is 17.7 Å². The van der Waals surface area contributed by atoms with E-state index in [-0.39, 0.29) is 5.92 Å². The Morgan fingerprint density at radius 1 is 1.21 bits per heavy atom. The summed E-state index contributed by atoms with van der Waals surface area (Å²) in [7, 11) is 0. The molecule has 1 rings (SSSR count). The van der Waals surface area contributed by atoms with Gasteiger partial charge in [0.15, 0.2) is 0 Å². The zero-order valence-corrected chi connectivity index (χ0v) is 12.2. The van der Waals surface area contributed by atoms with Crippen LogP contribution in [0.3, 0.4) is 0 Å². The van der Waals surface area contributed by atoms with Crippen LogP contribution in [-0.2, 0) is 4.79 Å². The van der Waals surface area contributed by atoms with Gasteiger partial charge in [-0.25, -0.2) is 0 Å². The summed E-state index contributed by atoms with van der Waals surface area (Å²) in [5, 5.41) is 9.34. The number of hydrogen-bond acceptors (Lipinski definition) is 2. The fourth-order valence-electron chi connectivity index (χ4n) is 1.98. The standard InChI is InChI=1S/C16H24O3/c1-5-12(4)15(16(17)18)13-6-8-14(9-7-13)19-10-11(2)3/h6-9,11-12,15H,5,10H2,1-4H3,(H,17,18). The van der Waals surface area contributed by atoms with Crippen molar-refractivity contribution in [3.8, 4) is 5.75 Å². The lowest BCUT2D eigenvalue weighted by atomic mass is 9.86. The molecular weight excluding hydrogens is 240 g/mol. The van der Waals surface area contributed by atoms with Crippen molar-refractivity contribution in [2.24, 2.45) is 11.8 Å². The number of aliphatic carboxylic acids is 1. The van der Waals surface area contributed by atoms with Gasteiger partial charge in [0.05, 0.1) is 12.5 Å². The van der Waals surface area contributed by atoms with Crippen LogP contribution in [0.1, 0.15) is 45.6 Å². The molecule has 1 N–H and O–H groups in total. The fourth-order valence-corrected chi connectivity index (χ4v) is 1.98. The number of carboxylic acid groups (broad SMARTS) is 1. The molecule has 19 heavy (non-hydrogen) atoms. The summed E-state index contributed by atoms with van der Waals surface area (Å²) in [6, 6.07) is 7.44. The van der Waals surface area contributed by atoms with Crippen LogP contribution < -0.4 is 4.74 Å². The highest BCUT2D eigenvalue weighted by Gasteiger charge is 2.25. The van der Waals surface area contributed by atoms with E-state index in [1.54, 1.807) is 0 Å². The second-order valence-corrected chi connectivity index (χ2v) is 5.48. The van der Waals surface area contributed by atoms with Gasteiger partial charge in [0, 0.05) is 0 Å². The van der Waals surface area contributed by atoms with Crippen LogP contribution in [0.5, 0.6) is 5.75 Å². The Balaban J connectivity index is 2.80. The Kier molecular flexibility index (Phi) is 5.87. The maximum atomic E-state index is 11.4. The van der Waals surface area contributed by atoms with Crippen molar-refractivity contribution < 1.29 is 14.6 Å². The zero-order chi connectivity index (χ0) is 14.4. The summed E-state index contributed by atoms with van der Waals surface area (Å²) >= 11 is 0. The van der Waals surface area contributed by atoms with Gasteiger partial charge in [-0.3, -0.25) is 4.79 Å². The maximum Gasteiger partial charge on any atom is 0.311 e. The second kappa shape index (κ2) is 7.17. The summed E-state index contributed by atoms with van der Waals surface area (Å²) in [4.78, 5) is 11.4. The van der Waals surface area contributed by atoms with Crippen molar-refractivity contribution in [3.05, 3.63) is 29.8 Å². The third-order valence-electron chi connectivity index (χ3n) is 3.30. The van der Waals surface area contributed by atoms with Crippen LogP contribution in [0.4, 0.5) is 0 Å². The number of ether oxygens (including phenoxy) is 1. The first-order chi connectivity index (χ1) is 8.95. The Morgan fingerprint density at radius 3 is 2.21 bits per heavy atom. The van der Waals surface area contributed by atoms with Gasteiger partial charge in [-0.1, -0.05) is 46.2 Å². The zero-order valence-electron chi connectivity index (χ0n) is 12.2. The number of rotatable bonds is 7. The molecule has 1 aromatic rings. The van der Waals surface area contributed by atoms with E-state index < -0.39 is 11.9 Å². The molecule has 2 unspecified atom stereocenters. The molecule has 3 heteroatoms. The van der Waals surface area contributed by atoms with Crippen LogP contribution in [0.15, 0.2) is 24.3 Å². The molecule has 0 spiro atoms. The lowest BCUT2D eigenvalue weighted by molar-refractivity contribution is -0.140.